The number of methoxy groups -OCH3 is 2. The first-order valence-corrected chi connectivity index (χ1v) is 24.9. The highest BCUT2D eigenvalue weighted by atomic mass is 31.2. The molecule has 4 aromatic rings. The van der Waals surface area contributed by atoms with Crippen LogP contribution >= 0.6 is 7.82 Å². The van der Waals surface area contributed by atoms with Crippen molar-refractivity contribution in [2.75, 3.05) is 27.4 Å². The quantitative estimate of drug-likeness (QED) is 0.108. The molecule has 21 heteroatoms. The Bertz CT molecular complexity index is 2470. The van der Waals surface area contributed by atoms with Gasteiger partial charge in [-0.25, -0.2) is 23.3 Å². The summed E-state index contributed by atoms with van der Waals surface area (Å²) in [4.78, 5) is 53.3. The first-order chi connectivity index (χ1) is 30.0. The molecule has 0 radical (unpaired) electrons. The summed E-state index contributed by atoms with van der Waals surface area (Å²) in [6.07, 6.45) is -5.21. The van der Waals surface area contributed by atoms with Gasteiger partial charge in [-0.2, -0.15) is 0 Å². The monoisotopic (exact) mass is 914 g/mol. The third-order valence-corrected chi connectivity index (χ3v) is 17.7. The number of hydrogen-bond acceptors (Lipinski definition) is 15. The lowest BCUT2D eigenvalue weighted by Gasteiger charge is -2.40. The van der Waals surface area contributed by atoms with Crippen molar-refractivity contribution < 1.29 is 51.0 Å². The fraction of sp³-hybridized carbons (Fsp3) is 0.524. The van der Waals surface area contributed by atoms with E-state index >= 15 is 0 Å². The maximum Gasteiger partial charge on any atom is 0.475 e. The lowest BCUT2D eigenvalue weighted by Crippen LogP contribution is -2.50. The van der Waals surface area contributed by atoms with Gasteiger partial charge in [0.2, 0.25) is 0 Å². The van der Waals surface area contributed by atoms with Crippen molar-refractivity contribution >= 4 is 16.1 Å². The molecular weight excluding hydrogens is 860 g/mol. The minimum absolute atomic E-state index is 0.172. The second-order valence-electron chi connectivity index (χ2n) is 17.0. The average Bonchev–Trinajstić information content (AvgIpc) is 3.78. The maximum absolute atomic E-state index is 14.3. The SMILES string of the molecule is CO[C@@H]1[C@H](O[Si](C)(C)C(C)(C)C)[C@@H](COP2(=O)OC[C@H]3O[C@@H](n4ccc(=O)n(COCc5ccccc5)c4=O)[C@H](OC)[C@@H]3O2)O[C@H]1n1ccc(=O)n(COCc2ccccc2)c1=O. The predicted octanol–water partition coefficient (Wildman–Crippen LogP) is 4.14. The molecule has 342 valence electrons. The van der Waals surface area contributed by atoms with Crippen LogP contribution in [0.1, 0.15) is 44.4 Å². The number of phosphoric ester groups is 1. The van der Waals surface area contributed by atoms with Crippen LogP contribution in [0.2, 0.25) is 18.1 Å². The van der Waals surface area contributed by atoms with E-state index in [0.717, 1.165) is 20.3 Å². The molecule has 9 atom stereocenters. The highest BCUT2D eigenvalue weighted by molar-refractivity contribution is 7.48. The van der Waals surface area contributed by atoms with Crippen molar-refractivity contribution in [3.8, 4) is 0 Å². The second kappa shape index (κ2) is 19.5. The van der Waals surface area contributed by atoms with Crippen molar-refractivity contribution in [2.45, 2.75) is 115 Å². The molecule has 63 heavy (non-hydrogen) atoms. The van der Waals surface area contributed by atoms with Crippen LogP contribution in [0, 0.1) is 0 Å². The van der Waals surface area contributed by atoms with Crippen LogP contribution in [0.5, 0.6) is 0 Å². The van der Waals surface area contributed by atoms with Crippen molar-refractivity contribution in [3.63, 3.8) is 0 Å². The lowest BCUT2D eigenvalue weighted by atomic mass is 10.1. The van der Waals surface area contributed by atoms with Gasteiger partial charge in [-0.3, -0.25) is 32.3 Å². The molecule has 0 amide bonds. The number of hydrogen-bond donors (Lipinski definition) is 0. The summed E-state index contributed by atoms with van der Waals surface area (Å²) < 4.78 is 79.0. The zero-order chi connectivity index (χ0) is 45.1. The Balaban J connectivity index is 1.08. The van der Waals surface area contributed by atoms with E-state index in [0.29, 0.717) is 0 Å². The smallest absolute Gasteiger partial charge is 0.408 e. The van der Waals surface area contributed by atoms with E-state index in [9.17, 15) is 23.7 Å². The number of fused-ring (bicyclic) bond motifs is 1. The minimum Gasteiger partial charge on any atom is -0.408 e. The fourth-order valence-corrected chi connectivity index (χ4v) is 10.1. The Kier molecular flexibility index (Phi) is 14.5. The van der Waals surface area contributed by atoms with E-state index in [1.54, 1.807) is 0 Å². The van der Waals surface area contributed by atoms with Crippen molar-refractivity contribution in [3.05, 3.63) is 138 Å². The molecule has 0 aliphatic carbocycles. The van der Waals surface area contributed by atoms with Gasteiger partial charge >= 0.3 is 19.2 Å². The topological polar surface area (TPSA) is 197 Å². The van der Waals surface area contributed by atoms with Crippen LogP contribution in [0.4, 0.5) is 0 Å². The van der Waals surface area contributed by atoms with Crippen molar-refractivity contribution in [2.24, 2.45) is 0 Å². The predicted molar refractivity (Wildman–Crippen MR) is 228 cm³/mol. The van der Waals surface area contributed by atoms with E-state index in [1.807, 2.05) is 73.8 Å². The first-order valence-electron chi connectivity index (χ1n) is 20.5. The molecule has 0 saturated carbocycles. The average molecular weight is 915 g/mol. The Morgan fingerprint density at radius 3 is 1.71 bits per heavy atom. The van der Waals surface area contributed by atoms with Crippen LogP contribution in [0.25, 0.3) is 0 Å². The number of ether oxygens (including phenoxy) is 6. The molecule has 2 aromatic heterocycles. The molecule has 1 unspecified atom stereocenters. The fourth-order valence-electron chi connectivity index (χ4n) is 7.34. The zero-order valence-electron chi connectivity index (χ0n) is 36.3. The summed E-state index contributed by atoms with van der Waals surface area (Å²) in [5.41, 5.74) is -0.836. The molecule has 2 aromatic carbocycles. The molecule has 3 aliphatic heterocycles. The minimum atomic E-state index is -4.39. The summed E-state index contributed by atoms with van der Waals surface area (Å²) in [6.45, 7) is 9.37. The molecule has 3 fully saturated rings. The van der Waals surface area contributed by atoms with Crippen LogP contribution in [0.15, 0.2) is 104 Å². The van der Waals surface area contributed by atoms with Crippen LogP contribution in [-0.2, 0) is 77.7 Å². The second-order valence-corrected chi connectivity index (χ2v) is 23.3. The Morgan fingerprint density at radius 2 is 1.22 bits per heavy atom. The maximum atomic E-state index is 14.3. The van der Waals surface area contributed by atoms with Crippen LogP contribution in [0.3, 0.4) is 0 Å². The summed E-state index contributed by atoms with van der Waals surface area (Å²) in [7, 11) is -4.12. The zero-order valence-corrected chi connectivity index (χ0v) is 38.2. The van der Waals surface area contributed by atoms with Gasteiger partial charge in [-0.1, -0.05) is 81.4 Å². The molecule has 0 N–H and O–H groups in total. The highest BCUT2D eigenvalue weighted by Crippen LogP contribution is 2.57. The van der Waals surface area contributed by atoms with Gasteiger partial charge in [0.05, 0.1) is 26.4 Å². The molecule has 0 bridgehead atoms. The normalized spacial score (nSPS) is 27.4. The van der Waals surface area contributed by atoms with Crippen LogP contribution < -0.4 is 22.5 Å². The molecular formula is C42H55N4O15PSi. The van der Waals surface area contributed by atoms with Gasteiger partial charge < -0.3 is 32.8 Å². The van der Waals surface area contributed by atoms with E-state index in [-0.39, 0.29) is 38.3 Å². The highest BCUT2D eigenvalue weighted by Gasteiger charge is 2.56. The molecule has 3 aliphatic rings. The third-order valence-electron chi connectivity index (χ3n) is 11.8. The van der Waals surface area contributed by atoms with Gasteiger partial charge in [-0.05, 0) is 29.3 Å². The van der Waals surface area contributed by atoms with E-state index in [2.05, 4.69) is 20.8 Å². The number of benzene rings is 2. The molecule has 3 saturated heterocycles. The van der Waals surface area contributed by atoms with E-state index < -0.39 is 94.3 Å². The summed E-state index contributed by atoms with van der Waals surface area (Å²) in [6, 6.07) is 21.1. The van der Waals surface area contributed by atoms with E-state index in [1.165, 1.54) is 47.9 Å². The third kappa shape index (κ3) is 10.2. The number of aromatic nitrogens is 4. The molecule has 7 rings (SSSR count). The number of nitrogens with zero attached hydrogens (tertiary/aromatic N) is 4. The van der Waals surface area contributed by atoms with Gasteiger partial charge in [0.15, 0.2) is 20.8 Å². The van der Waals surface area contributed by atoms with Crippen molar-refractivity contribution in [1.82, 2.24) is 18.3 Å². The summed E-state index contributed by atoms with van der Waals surface area (Å²) >= 11 is 0. The summed E-state index contributed by atoms with van der Waals surface area (Å²) in [5.74, 6) is 0. The Hall–Kier alpha value is -4.15. The Morgan fingerprint density at radius 1 is 0.714 bits per heavy atom. The standard InChI is InChI=1S/C42H55N4O15PSi/c1-42(2,3)63(6,7)61-35-31(59-39(37(35)53-5)44-21-19-33(48)46(41(44)50)27-55-23-29-16-12-9-13-17-29)25-57-62(51)56-24-30-34(60-62)36(52-4)38(58-30)43-20-18-32(47)45(40(43)49)26-54-22-28-14-10-8-11-15-28/h8-21,30-31,34-39H,22-27H2,1-7H3/t30-,31-,34-,35-,36-,37-,38-,39-,62?/m1/s1. The lowest BCUT2D eigenvalue weighted by molar-refractivity contribution is -0.0857. The van der Waals surface area contributed by atoms with Gasteiger partial charge in [0.1, 0.15) is 50.1 Å². The molecule has 5 heterocycles. The first kappa shape index (κ1) is 46.8. The largest absolute Gasteiger partial charge is 0.475 e. The summed E-state index contributed by atoms with van der Waals surface area (Å²) in [5, 5.41) is -0.259. The number of rotatable bonds is 17. The molecule has 19 nitrogen and oxygen atoms in total. The van der Waals surface area contributed by atoms with Gasteiger partial charge in [0, 0.05) is 38.7 Å². The molecule has 0 spiro atoms. The van der Waals surface area contributed by atoms with Gasteiger partial charge in [-0.15, -0.1) is 0 Å². The number of phosphoric acid groups is 1. The van der Waals surface area contributed by atoms with Crippen LogP contribution in [-0.4, -0.2) is 90.6 Å². The van der Waals surface area contributed by atoms with Gasteiger partial charge in [0.25, 0.3) is 11.1 Å². The van der Waals surface area contributed by atoms with E-state index in [4.69, 9.17) is 46.4 Å². The van der Waals surface area contributed by atoms with Crippen molar-refractivity contribution in [1.29, 1.82) is 0 Å². The Labute approximate surface area is 364 Å².